The third-order valence-corrected chi connectivity index (χ3v) is 6.79. The van der Waals surface area contributed by atoms with E-state index in [2.05, 4.69) is 22.4 Å². The minimum Gasteiger partial charge on any atom is -0.359 e. The fourth-order valence-corrected chi connectivity index (χ4v) is 5.00. The smallest absolute Gasteiger partial charge is 0.229 e. The predicted molar refractivity (Wildman–Crippen MR) is 131 cm³/mol. The molecule has 4 rings (SSSR count). The average Bonchev–Trinajstić information content (AvgIpc) is 2.88. The van der Waals surface area contributed by atoms with E-state index < -0.39 is 5.41 Å². The van der Waals surface area contributed by atoms with Gasteiger partial charge in [-0.3, -0.25) is 14.6 Å². The SMILES string of the molecule is CNC(=O)[C@]1(Cc2ccccc2-c2cccnc2)CCCN(C(=O)[C@H](C)c2ccccc2)C1. The van der Waals surface area contributed by atoms with Gasteiger partial charge in [-0.05, 0) is 48.9 Å². The Kier molecular flexibility index (Phi) is 6.87. The lowest BCUT2D eigenvalue weighted by atomic mass is 9.73. The number of rotatable bonds is 6. The Morgan fingerprint density at radius 2 is 1.82 bits per heavy atom. The van der Waals surface area contributed by atoms with E-state index in [-0.39, 0.29) is 17.7 Å². The van der Waals surface area contributed by atoms with E-state index in [0.717, 1.165) is 35.1 Å². The molecular weight excluding hydrogens is 410 g/mol. The van der Waals surface area contributed by atoms with E-state index in [0.29, 0.717) is 19.5 Å². The van der Waals surface area contributed by atoms with Crippen molar-refractivity contribution >= 4 is 11.8 Å². The maximum absolute atomic E-state index is 13.4. The molecule has 1 aromatic heterocycles. The van der Waals surface area contributed by atoms with Crippen LogP contribution in [0.3, 0.4) is 0 Å². The highest BCUT2D eigenvalue weighted by Gasteiger charge is 2.44. The van der Waals surface area contributed by atoms with E-state index in [1.807, 2.05) is 72.6 Å². The number of carbonyl (C=O) groups excluding carboxylic acids is 2. The van der Waals surface area contributed by atoms with Gasteiger partial charge in [0.15, 0.2) is 0 Å². The molecule has 0 unspecified atom stereocenters. The summed E-state index contributed by atoms with van der Waals surface area (Å²) in [7, 11) is 1.68. The molecule has 170 valence electrons. The van der Waals surface area contributed by atoms with Crippen LogP contribution in [0.4, 0.5) is 0 Å². The number of benzene rings is 2. The maximum Gasteiger partial charge on any atom is 0.229 e. The first-order valence-electron chi connectivity index (χ1n) is 11.6. The monoisotopic (exact) mass is 441 g/mol. The summed E-state index contributed by atoms with van der Waals surface area (Å²) in [4.78, 5) is 32.9. The van der Waals surface area contributed by atoms with E-state index in [9.17, 15) is 9.59 Å². The number of nitrogens with one attached hydrogen (secondary N) is 1. The molecule has 1 aliphatic heterocycles. The molecule has 0 bridgehead atoms. The second kappa shape index (κ2) is 9.99. The van der Waals surface area contributed by atoms with Crippen molar-refractivity contribution in [3.8, 4) is 11.1 Å². The molecule has 2 amide bonds. The molecule has 33 heavy (non-hydrogen) atoms. The van der Waals surface area contributed by atoms with E-state index in [4.69, 9.17) is 0 Å². The summed E-state index contributed by atoms with van der Waals surface area (Å²) in [6.07, 6.45) is 5.73. The molecule has 2 aromatic carbocycles. The number of amides is 2. The van der Waals surface area contributed by atoms with Crippen molar-refractivity contribution in [1.82, 2.24) is 15.2 Å². The average molecular weight is 442 g/mol. The Hall–Kier alpha value is -3.47. The highest BCUT2D eigenvalue weighted by Crippen LogP contribution is 2.38. The number of carbonyl (C=O) groups is 2. The third-order valence-electron chi connectivity index (χ3n) is 6.79. The Morgan fingerprint density at radius 1 is 1.06 bits per heavy atom. The second-order valence-electron chi connectivity index (χ2n) is 8.93. The highest BCUT2D eigenvalue weighted by atomic mass is 16.2. The summed E-state index contributed by atoms with van der Waals surface area (Å²) in [5.74, 6) is -0.169. The Bertz CT molecular complexity index is 1100. The standard InChI is InChI=1S/C28H31N3O2/c1-21(22-10-4-3-5-11-22)26(32)31-17-9-15-28(20-31,27(33)29-2)18-23-12-6-7-14-25(23)24-13-8-16-30-19-24/h3-8,10-14,16,19,21H,9,15,17-18,20H2,1-2H3,(H,29,33)/t21-,28+/m1/s1. The van der Waals surface area contributed by atoms with Crippen LogP contribution in [0.25, 0.3) is 11.1 Å². The lowest BCUT2D eigenvalue weighted by molar-refractivity contribution is -0.142. The van der Waals surface area contributed by atoms with Crippen molar-refractivity contribution in [2.24, 2.45) is 5.41 Å². The minimum atomic E-state index is -0.669. The zero-order valence-electron chi connectivity index (χ0n) is 19.3. The molecule has 1 saturated heterocycles. The molecule has 2 atom stereocenters. The van der Waals surface area contributed by atoms with Crippen molar-refractivity contribution in [3.05, 3.63) is 90.3 Å². The summed E-state index contributed by atoms with van der Waals surface area (Å²) >= 11 is 0. The first-order chi connectivity index (χ1) is 16.0. The van der Waals surface area contributed by atoms with Crippen LogP contribution in [0.5, 0.6) is 0 Å². The van der Waals surface area contributed by atoms with E-state index >= 15 is 0 Å². The number of nitrogens with zero attached hydrogens (tertiary/aromatic N) is 2. The number of hydrogen-bond donors (Lipinski definition) is 1. The van der Waals surface area contributed by atoms with Gasteiger partial charge in [0.1, 0.15) is 0 Å². The predicted octanol–water partition coefficient (Wildman–Crippen LogP) is 4.45. The Morgan fingerprint density at radius 3 is 2.55 bits per heavy atom. The topological polar surface area (TPSA) is 62.3 Å². The number of aromatic nitrogens is 1. The van der Waals surface area contributed by atoms with Crippen molar-refractivity contribution in [2.75, 3.05) is 20.1 Å². The summed E-state index contributed by atoms with van der Waals surface area (Å²) < 4.78 is 0. The Balaban J connectivity index is 1.64. The molecule has 5 nitrogen and oxygen atoms in total. The van der Waals surface area contributed by atoms with Gasteiger partial charge >= 0.3 is 0 Å². The summed E-state index contributed by atoms with van der Waals surface area (Å²) in [5.41, 5.74) is 3.54. The quantitative estimate of drug-likeness (QED) is 0.615. The molecule has 1 fully saturated rings. The molecule has 0 aliphatic carbocycles. The summed E-state index contributed by atoms with van der Waals surface area (Å²) in [5, 5.41) is 2.89. The molecule has 5 heteroatoms. The number of likely N-dealkylation sites (tertiary alicyclic amines) is 1. The van der Waals surface area contributed by atoms with Gasteiger partial charge in [0.05, 0.1) is 11.3 Å². The van der Waals surface area contributed by atoms with Crippen molar-refractivity contribution in [2.45, 2.75) is 32.1 Å². The van der Waals surface area contributed by atoms with Gasteiger partial charge in [0, 0.05) is 38.1 Å². The second-order valence-corrected chi connectivity index (χ2v) is 8.93. The number of piperidine rings is 1. The van der Waals surface area contributed by atoms with Gasteiger partial charge < -0.3 is 10.2 Å². The molecule has 1 N–H and O–H groups in total. The third kappa shape index (κ3) is 4.82. The van der Waals surface area contributed by atoms with Crippen LogP contribution in [0, 0.1) is 5.41 Å². The fourth-order valence-electron chi connectivity index (χ4n) is 5.00. The zero-order chi connectivity index (χ0) is 23.3. The lowest BCUT2D eigenvalue weighted by Gasteiger charge is -2.42. The zero-order valence-corrected chi connectivity index (χ0v) is 19.3. The van der Waals surface area contributed by atoms with Gasteiger partial charge in [-0.1, -0.05) is 60.7 Å². The van der Waals surface area contributed by atoms with Crippen LogP contribution in [-0.2, 0) is 16.0 Å². The molecule has 0 radical (unpaired) electrons. The van der Waals surface area contributed by atoms with Gasteiger partial charge in [-0.15, -0.1) is 0 Å². The van der Waals surface area contributed by atoms with E-state index in [1.165, 1.54) is 0 Å². The largest absolute Gasteiger partial charge is 0.359 e. The van der Waals surface area contributed by atoms with Crippen LogP contribution >= 0.6 is 0 Å². The molecule has 1 aliphatic rings. The molecular formula is C28H31N3O2. The molecule has 0 spiro atoms. The maximum atomic E-state index is 13.4. The summed E-state index contributed by atoms with van der Waals surface area (Å²) in [6, 6.07) is 22.0. The lowest BCUT2D eigenvalue weighted by Crippen LogP contribution is -2.54. The Labute approximate surface area is 195 Å². The number of pyridine rings is 1. The van der Waals surface area contributed by atoms with Crippen LogP contribution in [0.1, 0.15) is 36.8 Å². The first-order valence-corrected chi connectivity index (χ1v) is 11.6. The van der Waals surface area contributed by atoms with Crippen molar-refractivity contribution in [3.63, 3.8) is 0 Å². The van der Waals surface area contributed by atoms with Crippen molar-refractivity contribution < 1.29 is 9.59 Å². The normalized spacial score (nSPS) is 19.0. The van der Waals surface area contributed by atoms with Crippen LogP contribution in [0.2, 0.25) is 0 Å². The van der Waals surface area contributed by atoms with E-state index in [1.54, 1.807) is 13.2 Å². The molecule has 0 saturated carbocycles. The van der Waals surface area contributed by atoms with Gasteiger partial charge in [0.2, 0.25) is 11.8 Å². The number of hydrogen-bond acceptors (Lipinski definition) is 3. The van der Waals surface area contributed by atoms with Gasteiger partial charge in [-0.2, -0.15) is 0 Å². The summed E-state index contributed by atoms with van der Waals surface area (Å²) in [6.45, 7) is 3.05. The van der Waals surface area contributed by atoms with Crippen molar-refractivity contribution in [1.29, 1.82) is 0 Å². The first kappa shape index (κ1) is 22.7. The minimum absolute atomic E-state index is 0.00615. The fraction of sp³-hybridized carbons (Fsp3) is 0.321. The molecule has 2 heterocycles. The molecule has 3 aromatic rings. The van der Waals surface area contributed by atoms with Crippen LogP contribution in [-0.4, -0.2) is 41.8 Å². The highest BCUT2D eigenvalue weighted by molar-refractivity contribution is 5.87. The van der Waals surface area contributed by atoms with Gasteiger partial charge in [0.25, 0.3) is 0 Å². The van der Waals surface area contributed by atoms with Crippen LogP contribution in [0.15, 0.2) is 79.1 Å². The van der Waals surface area contributed by atoms with Gasteiger partial charge in [-0.25, -0.2) is 0 Å². The van der Waals surface area contributed by atoms with Crippen LogP contribution < -0.4 is 5.32 Å².